The van der Waals surface area contributed by atoms with E-state index < -0.39 is 0 Å². The van der Waals surface area contributed by atoms with Crippen LogP contribution >= 0.6 is 11.3 Å². The quantitative estimate of drug-likeness (QED) is 0.737. The molecule has 1 saturated heterocycles. The van der Waals surface area contributed by atoms with Crippen molar-refractivity contribution in [1.82, 2.24) is 9.88 Å². The van der Waals surface area contributed by atoms with Crippen LogP contribution in [0.15, 0.2) is 11.7 Å². The van der Waals surface area contributed by atoms with Gasteiger partial charge in [0.2, 0.25) is 0 Å². The topological polar surface area (TPSA) is 16.1 Å². The average Bonchev–Trinajstić information content (AvgIpc) is 2.46. The summed E-state index contributed by atoms with van der Waals surface area (Å²) in [6.07, 6.45) is 1.98. The summed E-state index contributed by atoms with van der Waals surface area (Å²) in [5, 5.41) is 0. The first-order valence-electron chi connectivity index (χ1n) is 4.85. The minimum absolute atomic E-state index is 0.845. The third-order valence-electron chi connectivity index (χ3n) is 2.79. The molecule has 0 amide bonds. The molecule has 3 heteroatoms. The molecule has 1 fully saturated rings. The third-order valence-corrected chi connectivity index (χ3v) is 3.56. The van der Waals surface area contributed by atoms with Crippen molar-refractivity contribution in [1.29, 1.82) is 0 Å². The second-order valence-corrected chi connectivity index (χ2v) is 5.14. The summed E-state index contributed by atoms with van der Waals surface area (Å²) >= 11 is 1.76. The van der Waals surface area contributed by atoms with Crippen LogP contribution in [0.5, 0.6) is 0 Å². The molecule has 0 radical (unpaired) electrons. The summed E-state index contributed by atoms with van der Waals surface area (Å²) < 4.78 is 0. The molecule has 0 saturated carbocycles. The normalized spacial score (nSPS) is 19.3. The lowest BCUT2D eigenvalue weighted by atomic mass is 9.88. The summed E-state index contributed by atoms with van der Waals surface area (Å²) in [6, 6.07) is 0. The molecule has 2 nitrogen and oxygen atoms in total. The highest BCUT2D eigenvalue weighted by Crippen LogP contribution is 2.25. The average molecular weight is 196 g/mol. The standard InChI is InChI=1S/C10H16N2S/c1-8(2)9-4-12(5-9)6-10-3-11-7-13-10/h3,7-9H,4-6H2,1-2H3. The van der Waals surface area contributed by atoms with Gasteiger partial charge in [0, 0.05) is 30.7 Å². The molecule has 0 N–H and O–H groups in total. The molecule has 1 aromatic rings. The summed E-state index contributed by atoms with van der Waals surface area (Å²) in [5.41, 5.74) is 1.91. The number of nitrogens with zero attached hydrogens (tertiary/aromatic N) is 2. The predicted molar refractivity (Wildman–Crippen MR) is 55.7 cm³/mol. The molecule has 0 aliphatic carbocycles. The monoisotopic (exact) mass is 196 g/mol. The zero-order valence-corrected chi connectivity index (χ0v) is 9.05. The van der Waals surface area contributed by atoms with Gasteiger partial charge in [-0.25, -0.2) is 0 Å². The van der Waals surface area contributed by atoms with E-state index in [1.807, 2.05) is 11.7 Å². The number of hydrogen-bond acceptors (Lipinski definition) is 3. The van der Waals surface area contributed by atoms with Crippen molar-refractivity contribution in [3.8, 4) is 0 Å². The Hall–Kier alpha value is -0.410. The van der Waals surface area contributed by atoms with Gasteiger partial charge in [0.25, 0.3) is 0 Å². The van der Waals surface area contributed by atoms with Gasteiger partial charge in [-0.3, -0.25) is 9.88 Å². The molecule has 72 valence electrons. The smallest absolute Gasteiger partial charge is 0.0794 e. The number of likely N-dealkylation sites (tertiary alicyclic amines) is 1. The van der Waals surface area contributed by atoms with Gasteiger partial charge in [-0.2, -0.15) is 0 Å². The third kappa shape index (κ3) is 2.09. The lowest BCUT2D eigenvalue weighted by Gasteiger charge is -2.41. The van der Waals surface area contributed by atoms with Gasteiger partial charge in [-0.05, 0) is 11.8 Å². The molecular weight excluding hydrogens is 180 g/mol. The molecule has 0 spiro atoms. The summed E-state index contributed by atoms with van der Waals surface area (Å²) in [6.45, 7) is 8.28. The van der Waals surface area contributed by atoms with E-state index in [9.17, 15) is 0 Å². The van der Waals surface area contributed by atoms with E-state index in [4.69, 9.17) is 0 Å². The van der Waals surface area contributed by atoms with E-state index >= 15 is 0 Å². The van der Waals surface area contributed by atoms with E-state index in [0.717, 1.165) is 18.4 Å². The van der Waals surface area contributed by atoms with E-state index in [1.54, 1.807) is 11.3 Å². The Morgan fingerprint density at radius 1 is 1.62 bits per heavy atom. The Morgan fingerprint density at radius 3 is 2.92 bits per heavy atom. The van der Waals surface area contributed by atoms with E-state index in [0.29, 0.717) is 0 Å². The molecule has 0 aromatic carbocycles. The maximum atomic E-state index is 4.08. The van der Waals surface area contributed by atoms with Gasteiger partial charge in [-0.15, -0.1) is 11.3 Å². The maximum Gasteiger partial charge on any atom is 0.0794 e. The second kappa shape index (κ2) is 3.76. The van der Waals surface area contributed by atoms with Crippen molar-refractivity contribution in [3.05, 3.63) is 16.6 Å². The van der Waals surface area contributed by atoms with Gasteiger partial charge >= 0.3 is 0 Å². The van der Waals surface area contributed by atoms with Crippen LogP contribution in [0, 0.1) is 11.8 Å². The Kier molecular flexibility index (Phi) is 2.65. The molecule has 0 atom stereocenters. The minimum Gasteiger partial charge on any atom is -0.298 e. The van der Waals surface area contributed by atoms with Crippen LogP contribution in [0.3, 0.4) is 0 Å². The van der Waals surface area contributed by atoms with E-state index in [2.05, 4.69) is 23.7 Å². The number of aromatic nitrogens is 1. The number of hydrogen-bond donors (Lipinski definition) is 0. The van der Waals surface area contributed by atoms with Gasteiger partial charge in [0.15, 0.2) is 0 Å². The molecule has 2 rings (SSSR count). The Bertz CT molecular complexity index is 250. The van der Waals surface area contributed by atoms with E-state index in [1.165, 1.54) is 18.0 Å². The number of rotatable bonds is 3. The first kappa shape index (κ1) is 9.16. The predicted octanol–water partition coefficient (Wildman–Crippen LogP) is 2.23. The second-order valence-electron chi connectivity index (χ2n) is 4.17. The zero-order chi connectivity index (χ0) is 9.26. The molecule has 13 heavy (non-hydrogen) atoms. The van der Waals surface area contributed by atoms with Gasteiger partial charge in [-0.1, -0.05) is 13.8 Å². The van der Waals surface area contributed by atoms with Crippen LogP contribution in [0.25, 0.3) is 0 Å². The van der Waals surface area contributed by atoms with E-state index in [-0.39, 0.29) is 0 Å². The van der Waals surface area contributed by atoms with Crippen molar-refractivity contribution in [3.63, 3.8) is 0 Å². The molecule has 1 aromatic heterocycles. The Morgan fingerprint density at radius 2 is 2.38 bits per heavy atom. The summed E-state index contributed by atoms with van der Waals surface area (Å²) in [7, 11) is 0. The molecule has 1 aliphatic heterocycles. The van der Waals surface area contributed by atoms with Crippen molar-refractivity contribution >= 4 is 11.3 Å². The maximum absolute atomic E-state index is 4.08. The molecule has 0 bridgehead atoms. The molecule has 1 aliphatic rings. The van der Waals surface area contributed by atoms with Gasteiger partial charge in [0.1, 0.15) is 0 Å². The van der Waals surface area contributed by atoms with Crippen LogP contribution in [0.2, 0.25) is 0 Å². The number of thiazole rings is 1. The summed E-state index contributed by atoms with van der Waals surface area (Å²) in [5.74, 6) is 1.77. The van der Waals surface area contributed by atoms with Crippen LogP contribution in [0.1, 0.15) is 18.7 Å². The van der Waals surface area contributed by atoms with Crippen molar-refractivity contribution in [2.75, 3.05) is 13.1 Å². The highest BCUT2D eigenvalue weighted by atomic mass is 32.1. The minimum atomic E-state index is 0.845. The lowest BCUT2D eigenvalue weighted by molar-refractivity contribution is 0.0623. The first-order valence-corrected chi connectivity index (χ1v) is 5.73. The molecular formula is C10H16N2S. The fourth-order valence-corrected chi connectivity index (χ4v) is 2.34. The Balaban J connectivity index is 1.76. The highest BCUT2D eigenvalue weighted by molar-refractivity contribution is 7.09. The fourth-order valence-electron chi connectivity index (χ4n) is 1.70. The zero-order valence-electron chi connectivity index (χ0n) is 8.23. The van der Waals surface area contributed by atoms with Crippen LogP contribution < -0.4 is 0 Å². The van der Waals surface area contributed by atoms with Crippen molar-refractivity contribution in [2.24, 2.45) is 11.8 Å². The van der Waals surface area contributed by atoms with Crippen LogP contribution in [-0.4, -0.2) is 23.0 Å². The van der Waals surface area contributed by atoms with Gasteiger partial charge in [0.05, 0.1) is 5.51 Å². The molecule has 2 heterocycles. The van der Waals surface area contributed by atoms with Crippen LogP contribution in [0.4, 0.5) is 0 Å². The highest BCUT2D eigenvalue weighted by Gasteiger charge is 2.28. The van der Waals surface area contributed by atoms with Crippen LogP contribution in [-0.2, 0) is 6.54 Å². The Labute approximate surface area is 83.6 Å². The first-order chi connectivity index (χ1) is 6.25. The van der Waals surface area contributed by atoms with Gasteiger partial charge < -0.3 is 0 Å². The van der Waals surface area contributed by atoms with Crippen molar-refractivity contribution < 1.29 is 0 Å². The lowest BCUT2D eigenvalue weighted by Crippen LogP contribution is -2.47. The fraction of sp³-hybridized carbons (Fsp3) is 0.700. The molecule has 0 unspecified atom stereocenters. The SMILES string of the molecule is CC(C)C1CN(Cc2cncs2)C1. The van der Waals surface area contributed by atoms with Crippen molar-refractivity contribution in [2.45, 2.75) is 20.4 Å². The largest absolute Gasteiger partial charge is 0.298 e. The summed E-state index contributed by atoms with van der Waals surface area (Å²) in [4.78, 5) is 7.97.